The molecule has 0 aliphatic heterocycles. The molecule has 0 spiro atoms. The minimum absolute atomic E-state index is 0.177. The van der Waals surface area contributed by atoms with E-state index in [1.54, 1.807) is 11.0 Å². The molecule has 0 aliphatic carbocycles. The Morgan fingerprint density at radius 2 is 2.33 bits per heavy atom. The van der Waals surface area contributed by atoms with Crippen molar-refractivity contribution in [3.05, 3.63) is 12.2 Å². The van der Waals surface area contributed by atoms with Crippen LogP contribution in [-0.2, 0) is 18.2 Å². The smallest absolute Gasteiger partial charge is 0.138 e. The van der Waals surface area contributed by atoms with Crippen LogP contribution in [0.2, 0.25) is 0 Å². The van der Waals surface area contributed by atoms with Crippen LogP contribution in [0.3, 0.4) is 0 Å². The first-order valence-electron chi connectivity index (χ1n) is 5.30. The lowest BCUT2D eigenvalue weighted by Gasteiger charge is -2.22. The molecule has 0 aromatic carbocycles. The summed E-state index contributed by atoms with van der Waals surface area (Å²) in [6.45, 7) is 4.81. The van der Waals surface area contributed by atoms with Crippen LogP contribution in [0.1, 0.15) is 19.7 Å². The van der Waals surface area contributed by atoms with Crippen molar-refractivity contribution in [1.29, 1.82) is 0 Å². The predicted molar refractivity (Wildman–Crippen MR) is 58.6 cm³/mol. The van der Waals surface area contributed by atoms with E-state index in [2.05, 4.69) is 22.3 Å². The Bertz CT molecular complexity index is 287. The van der Waals surface area contributed by atoms with Gasteiger partial charge in [-0.3, -0.25) is 4.68 Å². The average Bonchev–Trinajstić information content (AvgIpc) is 2.61. The van der Waals surface area contributed by atoms with Gasteiger partial charge in [0, 0.05) is 26.1 Å². The first-order chi connectivity index (χ1) is 7.19. The van der Waals surface area contributed by atoms with Crippen molar-refractivity contribution in [3.63, 3.8) is 0 Å². The zero-order valence-corrected chi connectivity index (χ0v) is 9.90. The van der Waals surface area contributed by atoms with Crippen LogP contribution in [-0.4, -0.2) is 40.6 Å². The maximum absolute atomic E-state index is 5.56. The van der Waals surface area contributed by atoms with Crippen LogP contribution in [0.15, 0.2) is 6.33 Å². The summed E-state index contributed by atoms with van der Waals surface area (Å²) in [5, 5.41) is 7.29. The summed E-state index contributed by atoms with van der Waals surface area (Å²) >= 11 is 0. The van der Waals surface area contributed by atoms with Crippen molar-refractivity contribution in [2.75, 3.05) is 13.7 Å². The van der Waals surface area contributed by atoms with Crippen molar-refractivity contribution in [3.8, 4) is 0 Å². The first-order valence-corrected chi connectivity index (χ1v) is 5.30. The van der Waals surface area contributed by atoms with Gasteiger partial charge in [0.25, 0.3) is 0 Å². The Kier molecular flexibility index (Phi) is 4.71. The maximum atomic E-state index is 5.56. The second-order valence-corrected chi connectivity index (χ2v) is 3.56. The predicted octanol–water partition coefficient (Wildman–Crippen LogP) is 0.371. The minimum Gasteiger partial charge on any atom is -0.377 e. The van der Waals surface area contributed by atoms with E-state index < -0.39 is 0 Å². The zero-order chi connectivity index (χ0) is 11.3. The summed E-state index contributed by atoms with van der Waals surface area (Å²) < 4.78 is 7.36. The Hall–Kier alpha value is -0.940. The zero-order valence-electron chi connectivity index (χ0n) is 9.90. The second kappa shape index (κ2) is 5.82. The molecule has 5 nitrogen and oxygen atoms in total. The minimum atomic E-state index is 0.177. The number of hydrogen-bond donors (Lipinski definition) is 1. The molecule has 15 heavy (non-hydrogen) atoms. The third-order valence-electron chi connectivity index (χ3n) is 2.57. The van der Waals surface area contributed by atoms with Crippen molar-refractivity contribution in [1.82, 2.24) is 20.1 Å². The van der Waals surface area contributed by atoms with Gasteiger partial charge >= 0.3 is 0 Å². The number of aromatic nitrogens is 3. The molecule has 0 bridgehead atoms. The van der Waals surface area contributed by atoms with E-state index in [1.807, 2.05) is 21.0 Å². The highest BCUT2D eigenvalue weighted by Crippen LogP contribution is 2.05. The van der Waals surface area contributed by atoms with Gasteiger partial charge in [-0.15, -0.1) is 0 Å². The van der Waals surface area contributed by atoms with E-state index in [4.69, 9.17) is 4.74 Å². The molecule has 0 amide bonds. The van der Waals surface area contributed by atoms with E-state index in [0.29, 0.717) is 0 Å². The SMILES string of the molecule is CCOC(C)C(Cc1ncnn1C)NC. The lowest BCUT2D eigenvalue weighted by atomic mass is 10.1. The summed E-state index contributed by atoms with van der Waals surface area (Å²) in [5.74, 6) is 0.973. The molecule has 0 radical (unpaired) electrons. The van der Waals surface area contributed by atoms with Gasteiger partial charge in [-0.05, 0) is 20.9 Å². The molecule has 1 rings (SSSR count). The fraction of sp³-hybridized carbons (Fsp3) is 0.800. The van der Waals surface area contributed by atoms with E-state index in [1.165, 1.54) is 0 Å². The number of rotatable bonds is 6. The van der Waals surface area contributed by atoms with Crippen molar-refractivity contribution in [2.24, 2.45) is 7.05 Å². The Labute approximate surface area is 90.8 Å². The highest BCUT2D eigenvalue weighted by molar-refractivity contribution is 4.90. The molecule has 2 atom stereocenters. The fourth-order valence-corrected chi connectivity index (χ4v) is 1.58. The largest absolute Gasteiger partial charge is 0.377 e. The monoisotopic (exact) mass is 212 g/mol. The first kappa shape index (κ1) is 12.1. The molecule has 1 aromatic rings. The van der Waals surface area contributed by atoms with E-state index in [-0.39, 0.29) is 12.1 Å². The number of nitrogens with one attached hydrogen (secondary N) is 1. The van der Waals surface area contributed by atoms with Gasteiger partial charge in [-0.1, -0.05) is 0 Å². The van der Waals surface area contributed by atoms with Crippen molar-refractivity contribution >= 4 is 0 Å². The van der Waals surface area contributed by atoms with Crippen LogP contribution in [0.25, 0.3) is 0 Å². The number of ether oxygens (including phenoxy) is 1. The molecule has 0 saturated carbocycles. The third kappa shape index (κ3) is 3.28. The summed E-state index contributed by atoms with van der Waals surface area (Å²) in [5.41, 5.74) is 0. The van der Waals surface area contributed by atoms with Gasteiger partial charge < -0.3 is 10.1 Å². The average molecular weight is 212 g/mol. The summed E-state index contributed by atoms with van der Waals surface area (Å²) in [4.78, 5) is 4.20. The van der Waals surface area contributed by atoms with Gasteiger partial charge in [0.1, 0.15) is 12.2 Å². The molecule has 2 unspecified atom stereocenters. The molecule has 0 saturated heterocycles. The van der Waals surface area contributed by atoms with E-state index >= 15 is 0 Å². The van der Waals surface area contributed by atoms with Crippen LogP contribution in [0, 0.1) is 0 Å². The topological polar surface area (TPSA) is 52.0 Å². The Balaban J connectivity index is 2.57. The number of aryl methyl sites for hydroxylation is 1. The van der Waals surface area contributed by atoms with E-state index in [0.717, 1.165) is 18.9 Å². The highest BCUT2D eigenvalue weighted by Gasteiger charge is 2.18. The van der Waals surface area contributed by atoms with Crippen LogP contribution in [0.4, 0.5) is 0 Å². The summed E-state index contributed by atoms with van der Waals surface area (Å²) in [6.07, 6.45) is 2.58. The fourth-order valence-electron chi connectivity index (χ4n) is 1.58. The number of likely N-dealkylation sites (N-methyl/N-ethyl adjacent to an activating group) is 1. The molecule has 1 heterocycles. The molecule has 0 aliphatic rings. The summed E-state index contributed by atoms with van der Waals surface area (Å²) in [6, 6.07) is 0.271. The van der Waals surface area contributed by atoms with E-state index in [9.17, 15) is 0 Å². The van der Waals surface area contributed by atoms with Crippen LogP contribution >= 0.6 is 0 Å². The molecule has 1 N–H and O–H groups in total. The number of hydrogen-bond acceptors (Lipinski definition) is 4. The quantitative estimate of drug-likeness (QED) is 0.740. The van der Waals surface area contributed by atoms with Crippen LogP contribution in [0.5, 0.6) is 0 Å². The third-order valence-corrected chi connectivity index (χ3v) is 2.57. The van der Waals surface area contributed by atoms with Gasteiger partial charge in [-0.25, -0.2) is 4.98 Å². The highest BCUT2D eigenvalue weighted by atomic mass is 16.5. The molecule has 86 valence electrons. The molecule has 5 heteroatoms. The van der Waals surface area contributed by atoms with Crippen LogP contribution < -0.4 is 5.32 Å². The Morgan fingerprint density at radius 1 is 1.60 bits per heavy atom. The van der Waals surface area contributed by atoms with Crippen molar-refractivity contribution < 1.29 is 4.74 Å². The van der Waals surface area contributed by atoms with Gasteiger partial charge in [0.15, 0.2) is 0 Å². The molecular weight excluding hydrogens is 192 g/mol. The second-order valence-electron chi connectivity index (χ2n) is 3.56. The van der Waals surface area contributed by atoms with Gasteiger partial charge in [0.2, 0.25) is 0 Å². The van der Waals surface area contributed by atoms with Crippen molar-refractivity contribution in [2.45, 2.75) is 32.4 Å². The normalized spacial score (nSPS) is 15.2. The maximum Gasteiger partial charge on any atom is 0.138 e. The lowest BCUT2D eigenvalue weighted by molar-refractivity contribution is 0.0489. The molecule has 1 aromatic heterocycles. The van der Waals surface area contributed by atoms with Gasteiger partial charge in [0.05, 0.1) is 6.10 Å². The molecule has 0 fully saturated rings. The molecular formula is C10H20N4O. The standard InChI is InChI=1S/C10H20N4O/c1-5-15-8(2)9(11-3)6-10-12-7-13-14(10)4/h7-9,11H,5-6H2,1-4H3. The summed E-state index contributed by atoms with van der Waals surface area (Å²) in [7, 11) is 3.84. The lowest BCUT2D eigenvalue weighted by Crippen LogP contribution is -2.40. The van der Waals surface area contributed by atoms with Gasteiger partial charge in [-0.2, -0.15) is 5.10 Å². The Morgan fingerprint density at radius 3 is 2.80 bits per heavy atom. The number of nitrogens with zero attached hydrogens (tertiary/aromatic N) is 3.